The molecule has 2 aliphatic rings. The summed E-state index contributed by atoms with van der Waals surface area (Å²) in [7, 11) is 0. The molecular formula is C20H34O3. The normalized spacial score (nSPS) is 38.9. The molecule has 0 aromatic rings. The number of hydrogen-bond acceptors (Lipinski definition) is 2. The fourth-order valence-electron chi connectivity index (χ4n) is 5.55. The smallest absolute Gasteiger partial charge is 0.309 e. The first-order valence-electron chi connectivity index (χ1n) is 9.27. The third kappa shape index (κ3) is 3.35. The van der Waals surface area contributed by atoms with Gasteiger partial charge in [0.15, 0.2) is 0 Å². The van der Waals surface area contributed by atoms with Crippen molar-refractivity contribution in [1.82, 2.24) is 0 Å². The summed E-state index contributed by atoms with van der Waals surface area (Å²) >= 11 is 0. The summed E-state index contributed by atoms with van der Waals surface area (Å²) in [5, 5.41) is 19.0. The first-order valence-corrected chi connectivity index (χ1v) is 9.27. The molecule has 0 aliphatic heterocycles. The summed E-state index contributed by atoms with van der Waals surface area (Å²) < 4.78 is 0. The maximum Gasteiger partial charge on any atom is 0.309 e. The monoisotopic (exact) mass is 322 g/mol. The number of allylic oxidation sites excluding steroid dienone is 1. The highest BCUT2D eigenvalue weighted by Crippen LogP contribution is 2.62. The molecule has 2 saturated carbocycles. The van der Waals surface area contributed by atoms with Gasteiger partial charge in [-0.05, 0) is 68.6 Å². The molecule has 0 unspecified atom stereocenters. The van der Waals surface area contributed by atoms with E-state index in [0.29, 0.717) is 11.8 Å². The van der Waals surface area contributed by atoms with Crippen molar-refractivity contribution in [3.05, 3.63) is 12.2 Å². The van der Waals surface area contributed by atoms with E-state index in [0.717, 1.165) is 51.4 Å². The van der Waals surface area contributed by atoms with Gasteiger partial charge in [0.05, 0.1) is 5.41 Å². The van der Waals surface area contributed by atoms with Crippen LogP contribution in [0.1, 0.15) is 72.1 Å². The molecule has 5 atom stereocenters. The van der Waals surface area contributed by atoms with E-state index in [1.54, 1.807) is 0 Å². The lowest BCUT2D eigenvalue weighted by molar-refractivity contribution is -0.164. The van der Waals surface area contributed by atoms with Crippen molar-refractivity contribution in [2.45, 2.75) is 72.1 Å². The molecular weight excluding hydrogens is 288 g/mol. The summed E-state index contributed by atoms with van der Waals surface area (Å²) in [6, 6.07) is 0. The number of aliphatic carboxylic acids is 1. The number of carbonyl (C=O) groups is 1. The van der Waals surface area contributed by atoms with Gasteiger partial charge >= 0.3 is 5.97 Å². The van der Waals surface area contributed by atoms with Crippen LogP contribution in [-0.4, -0.2) is 22.8 Å². The second-order valence-corrected chi connectivity index (χ2v) is 8.58. The lowest BCUT2D eigenvalue weighted by Crippen LogP contribution is -2.53. The van der Waals surface area contributed by atoms with Gasteiger partial charge in [0, 0.05) is 6.61 Å². The molecule has 2 aliphatic carbocycles. The van der Waals surface area contributed by atoms with Crippen LogP contribution in [0.15, 0.2) is 12.2 Å². The van der Waals surface area contributed by atoms with Gasteiger partial charge in [-0.15, -0.1) is 0 Å². The minimum absolute atomic E-state index is 0.0691. The molecule has 0 radical (unpaired) electrons. The fraction of sp³-hybridized carbons (Fsp3) is 0.850. The molecule has 3 heteroatoms. The van der Waals surface area contributed by atoms with Crippen LogP contribution >= 0.6 is 0 Å². The van der Waals surface area contributed by atoms with E-state index in [1.807, 2.05) is 6.92 Å². The number of hydrogen-bond donors (Lipinski definition) is 2. The zero-order chi connectivity index (χ0) is 17.3. The molecule has 23 heavy (non-hydrogen) atoms. The highest BCUT2D eigenvalue weighted by atomic mass is 16.4. The second kappa shape index (κ2) is 6.96. The molecule has 132 valence electrons. The first kappa shape index (κ1) is 18.5. The number of carboxylic acid groups (broad SMARTS) is 1. The number of rotatable bonds is 6. The Morgan fingerprint density at radius 2 is 2.04 bits per heavy atom. The van der Waals surface area contributed by atoms with Crippen LogP contribution in [0.5, 0.6) is 0 Å². The number of aliphatic hydroxyl groups is 1. The number of carboxylic acids is 1. The Labute approximate surface area is 141 Å². The lowest BCUT2D eigenvalue weighted by Gasteiger charge is -2.57. The fourth-order valence-corrected chi connectivity index (χ4v) is 5.55. The van der Waals surface area contributed by atoms with Crippen LogP contribution < -0.4 is 0 Å². The largest absolute Gasteiger partial charge is 0.481 e. The topological polar surface area (TPSA) is 57.5 Å². The van der Waals surface area contributed by atoms with Gasteiger partial charge in [-0.3, -0.25) is 4.79 Å². The lowest BCUT2D eigenvalue weighted by atomic mass is 9.46. The maximum atomic E-state index is 12.0. The van der Waals surface area contributed by atoms with Gasteiger partial charge in [0.25, 0.3) is 0 Å². The minimum atomic E-state index is -0.617. The first-order chi connectivity index (χ1) is 10.8. The van der Waals surface area contributed by atoms with Gasteiger partial charge < -0.3 is 10.2 Å². The summed E-state index contributed by atoms with van der Waals surface area (Å²) in [5.41, 5.74) is 0.817. The van der Waals surface area contributed by atoms with E-state index < -0.39 is 11.4 Å². The molecule has 0 bridgehead atoms. The van der Waals surface area contributed by atoms with Gasteiger partial charge in [-0.25, -0.2) is 0 Å². The summed E-state index contributed by atoms with van der Waals surface area (Å²) in [5.74, 6) is 0.589. The van der Waals surface area contributed by atoms with E-state index in [1.165, 1.54) is 5.57 Å². The summed E-state index contributed by atoms with van der Waals surface area (Å²) in [6.45, 7) is 11.1. The van der Waals surface area contributed by atoms with Crippen molar-refractivity contribution in [1.29, 1.82) is 0 Å². The van der Waals surface area contributed by atoms with Crippen LogP contribution in [0.4, 0.5) is 0 Å². The predicted octanol–water partition coefficient (Wildman–Crippen LogP) is 4.65. The Morgan fingerprint density at radius 3 is 2.65 bits per heavy atom. The van der Waals surface area contributed by atoms with Crippen molar-refractivity contribution in [3.63, 3.8) is 0 Å². The third-order valence-electron chi connectivity index (χ3n) is 7.08. The molecule has 2 rings (SSSR count). The van der Waals surface area contributed by atoms with E-state index in [-0.39, 0.29) is 17.9 Å². The van der Waals surface area contributed by atoms with Crippen LogP contribution in [0.2, 0.25) is 0 Å². The zero-order valence-electron chi connectivity index (χ0n) is 15.1. The van der Waals surface area contributed by atoms with Gasteiger partial charge in [-0.1, -0.05) is 38.8 Å². The molecule has 0 spiro atoms. The number of aliphatic hydroxyl groups excluding tert-OH is 1. The molecule has 0 saturated heterocycles. The Hall–Kier alpha value is -0.830. The Kier molecular flexibility index (Phi) is 5.60. The van der Waals surface area contributed by atoms with Crippen LogP contribution in [0.25, 0.3) is 0 Å². The zero-order valence-corrected chi connectivity index (χ0v) is 15.1. The maximum absolute atomic E-state index is 12.0. The molecule has 0 aromatic carbocycles. The Balaban J connectivity index is 2.21. The standard InChI is InChI=1S/C20H34O3/c1-14(10-13-21)6-8-16-15(2)7-9-17-19(16,3)11-5-12-20(17,4)18(22)23/h14,16-17,21H,2,5-13H2,1,3-4H3,(H,22,23)/t14-,16+,17-,19-,20+/m1/s1. The Bertz CT molecular complexity index is 458. The minimum Gasteiger partial charge on any atom is -0.481 e. The van der Waals surface area contributed by atoms with Crippen molar-refractivity contribution < 1.29 is 15.0 Å². The highest BCUT2D eigenvalue weighted by molar-refractivity contribution is 5.75. The Morgan fingerprint density at radius 1 is 1.35 bits per heavy atom. The second-order valence-electron chi connectivity index (χ2n) is 8.58. The van der Waals surface area contributed by atoms with Crippen LogP contribution in [0, 0.1) is 28.6 Å². The molecule has 0 heterocycles. The van der Waals surface area contributed by atoms with Crippen molar-refractivity contribution in [3.8, 4) is 0 Å². The average molecular weight is 322 g/mol. The molecule has 0 amide bonds. The van der Waals surface area contributed by atoms with Crippen LogP contribution in [-0.2, 0) is 4.79 Å². The predicted molar refractivity (Wildman–Crippen MR) is 93.2 cm³/mol. The van der Waals surface area contributed by atoms with E-state index in [2.05, 4.69) is 20.4 Å². The van der Waals surface area contributed by atoms with E-state index in [4.69, 9.17) is 5.11 Å². The molecule has 2 N–H and O–H groups in total. The third-order valence-corrected chi connectivity index (χ3v) is 7.08. The number of fused-ring (bicyclic) bond motifs is 1. The van der Waals surface area contributed by atoms with E-state index in [9.17, 15) is 9.90 Å². The highest BCUT2D eigenvalue weighted by Gasteiger charge is 2.57. The van der Waals surface area contributed by atoms with Crippen molar-refractivity contribution in [2.24, 2.45) is 28.6 Å². The summed E-state index contributed by atoms with van der Waals surface area (Å²) in [4.78, 5) is 12.0. The van der Waals surface area contributed by atoms with E-state index >= 15 is 0 Å². The van der Waals surface area contributed by atoms with Crippen molar-refractivity contribution >= 4 is 5.97 Å². The van der Waals surface area contributed by atoms with Crippen LogP contribution in [0.3, 0.4) is 0 Å². The average Bonchev–Trinajstić information content (AvgIpc) is 2.46. The quantitative estimate of drug-likeness (QED) is 0.700. The molecule has 3 nitrogen and oxygen atoms in total. The molecule has 2 fully saturated rings. The van der Waals surface area contributed by atoms with Gasteiger partial charge in [0.2, 0.25) is 0 Å². The molecule has 0 aromatic heterocycles. The summed E-state index contributed by atoms with van der Waals surface area (Å²) in [6.07, 6.45) is 7.92. The van der Waals surface area contributed by atoms with Gasteiger partial charge in [0.1, 0.15) is 0 Å². The van der Waals surface area contributed by atoms with Crippen molar-refractivity contribution in [2.75, 3.05) is 6.61 Å². The SMILES string of the molecule is C=C1CC[C@@H]2[C@](C)(CCC[C@]2(C)C(=O)O)[C@H]1CC[C@@H](C)CCO. The van der Waals surface area contributed by atoms with Gasteiger partial charge in [-0.2, -0.15) is 0 Å².